The zero-order valence-electron chi connectivity index (χ0n) is 11.6. The van der Waals surface area contributed by atoms with Crippen molar-refractivity contribution in [1.29, 1.82) is 0 Å². The normalized spacial score (nSPS) is 21.3. The van der Waals surface area contributed by atoms with Crippen LogP contribution in [0.15, 0.2) is 29.2 Å². The Morgan fingerprint density at radius 2 is 2.05 bits per heavy atom. The summed E-state index contributed by atoms with van der Waals surface area (Å²) in [5.74, 6) is -0.455. The lowest BCUT2D eigenvalue weighted by atomic mass is 10.3. The van der Waals surface area contributed by atoms with Gasteiger partial charge in [-0.05, 0) is 31.3 Å². The summed E-state index contributed by atoms with van der Waals surface area (Å²) in [6.07, 6.45) is -0.144. The summed E-state index contributed by atoms with van der Waals surface area (Å²) < 4.78 is 44.3. The average Bonchev–Trinajstić information content (AvgIpc) is 2.39. The molecule has 1 atom stereocenters. The molecule has 112 valence electrons. The van der Waals surface area contributed by atoms with Gasteiger partial charge in [-0.15, -0.1) is 0 Å². The molecule has 1 saturated heterocycles. The first kappa shape index (κ1) is 15.4. The van der Waals surface area contributed by atoms with E-state index in [4.69, 9.17) is 4.74 Å². The first-order chi connectivity index (χ1) is 9.39. The third-order valence-corrected chi connectivity index (χ3v) is 5.16. The Morgan fingerprint density at radius 1 is 1.40 bits per heavy atom. The van der Waals surface area contributed by atoms with Crippen molar-refractivity contribution in [3.63, 3.8) is 0 Å². The van der Waals surface area contributed by atoms with Crippen LogP contribution in [0.25, 0.3) is 0 Å². The maximum absolute atomic E-state index is 12.9. The molecular formula is C13H19FN2O3S. The minimum absolute atomic E-state index is 0.0885. The van der Waals surface area contributed by atoms with Gasteiger partial charge in [0.25, 0.3) is 0 Å². The van der Waals surface area contributed by atoms with Gasteiger partial charge in [0.1, 0.15) is 5.82 Å². The summed E-state index contributed by atoms with van der Waals surface area (Å²) in [5, 5.41) is 0. The molecule has 1 fully saturated rings. The van der Waals surface area contributed by atoms with Crippen LogP contribution in [0.4, 0.5) is 4.39 Å². The van der Waals surface area contributed by atoms with Gasteiger partial charge in [-0.1, -0.05) is 0 Å². The smallest absolute Gasteiger partial charge is 0.242 e. The minimum Gasteiger partial charge on any atom is -0.374 e. The fourth-order valence-corrected chi connectivity index (χ4v) is 3.35. The number of ether oxygens (including phenoxy) is 1. The van der Waals surface area contributed by atoms with Crippen LogP contribution in [-0.4, -0.2) is 64.1 Å². The third-order valence-electron chi connectivity index (χ3n) is 3.32. The molecule has 0 aromatic heterocycles. The van der Waals surface area contributed by atoms with Crippen molar-refractivity contribution in [2.75, 3.05) is 40.3 Å². The molecule has 1 aliphatic rings. The van der Waals surface area contributed by atoms with Gasteiger partial charge in [-0.2, -0.15) is 4.31 Å². The number of rotatable bonds is 4. The number of nitrogens with zero attached hydrogens (tertiary/aromatic N) is 2. The maximum atomic E-state index is 12.9. The number of hydrogen-bond donors (Lipinski definition) is 0. The van der Waals surface area contributed by atoms with Crippen molar-refractivity contribution in [2.24, 2.45) is 0 Å². The van der Waals surface area contributed by atoms with Crippen LogP contribution < -0.4 is 0 Å². The van der Waals surface area contributed by atoms with E-state index >= 15 is 0 Å². The average molecular weight is 302 g/mol. The summed E-state index contributed by atoms with van der Waals surface area (Å²) >= 11 is 0. The molecule has 7 heteroatoms. The molecule has 5 nitrogen and oxygen atoms in total. The molecule has 1 aliphatic heterocycles. The van der Waals surface area contributed by atoms with E-state index in [0.717, 1.165) is 18.7 Å². The van der Waals surface area contributed by atoms with E-state index in [9.17, 15) is 12.8 Å². The van der Waals surface area contributed by atoms with Crippen LogP contribution in [-0.2, 0) is 14.8 Å². The highest BCUT2D eigenvalue weighted by Crippen LogP contribution is 2.16. The molecule has 0 radical (unpaired) electrons. The molecular weight excluding hydrogens is 283 g/mol. The van der Waals surface area contributed by atoms with E-state index in [2.05, 4.69) is 4.90 Å². The summed E-state index contributed by atoms with van der Waals surface area (Å²) in [4.78, 5) is 2.19. The minimum atomic E-state index is -3.60. The van der Waals surface area contributed by atoms with Gasteiger partial charge in [-0.3, -0.25) is 0 Å². The second kappa shape index (κ2) is 6.17. The quantitative estimate of drug-likeness (QED) is 0.824. The molecule has 1 aromatic carbocycles. The zero-order valence-corrected chi connectivity index (χ0v) is 12.4. The molecule has 1 heterocycles. The summed E-state index contributed by atoms with van der Waals surface area (Å²) in [5.41, 5.74) is 0. The number of sulfonamides is 1. The highest BCUT2D eigenvalue weighted by atomic mass is 32.2. The Bertz CT molecular complexity index is 547. The Labute approximate surface area is 119 Å². The van der Waals surface area contributed by atoms with Crippen LogP contribution in [0.5, 0.6) is 0 Å². The van der Waals surface area contributed by atoms with Gasteiger partial charge in [0.15, 0.2) is 0 Å². The molecule has 1 unspecified atom stereocenters. The Balaban J connectivity index is 2.07. The van der Waals surface area contributed by atoms with Crippen molar-refractivity contribution in [1.82, 2.24) is 9.21 Å². The third kappa shape index (κ3) is 3.54. The summed E-state index contributed by atoms with van der Waals surface area (Å²) in [6.45, 7) is 2.43. The van der Waals surface area contributed by atoms with Gasteiger partial charge >= 0.3 is 0 Å². The van der Waals surface area contributed by atoms with Crippen LogP contribution >= 0.6 is 0 Å². The van der Waals surface area contributed by atoms with Crippen molar-refractivity contribution >= 4 is 10.0 Å². The Morgan fingerprint density at radius 3 is 2.65 bits per heavy atom. The number of morpholine rings is 1. The number of hydrogen-bond acceptors (Lipinski definition) is 4. The second-order valence-electron chi connectivity index (χ2n) is 4.99. The lowest BCUT2D eigenvalue weighted by Gasteiger charge is -2.32. The number of likely N-dealkylation sites (N-methyl/N-ethyl adjacent to an activating group) is 2. The van der Waals surface area contributed by atoms with Crippen molar-refractivity contribution < 1.29 is 17.5 Å². The van der Waals surface area contributed by atoms with E-state index < -0.39 is 15.8 Å². The molecule has 0 aliphatic carbocycles. The highest BCUT2D eigenvalue weighted by molar-refractivity contribution is 7.89. The van der Waals surface area contributed by atoms with Crippen LogP contribution in [0.1, 0.15) is 0 Å². The van der Waals surface area contributed by atoms with Gasteiger partial charge < -0.3 is 9.64 Å². The Kier molecular flexibility index (Phi) is 4.74. The first-order valence-electron chi connectivity index (χ1n) is 6.41. The molecule has 20 heavy (non-hydrogen) atoms. The summed E-state index contributed by atoms with van der Waals surface area (Å²) in [6, 6.07) is 4.83. The SMILES string of the molecule is CN1CCOC(CN(C)S(=O)(=O)c2ccc(F)cc2)C1. The van der Waals surface area contributed by atoms with E-state index in [1.165, 1.54) is 23.5 Å². The van der Waals surface area contributed by atoms with Crippen LogP contribution in [0.3, 0.4) is 0 Å². The van der Waals surface area contributed by atoms with Gasteiger partial charge in [0.2, 0.25) is 10.0 Å². The zero-order chi connectivity index (χ0) is 14.8. The molecule has 2 rings (SSSR count). The van der Waals surface area contributed by atoms with E-state index in [0.29, 0.717) is 13.2 Å². The standard InChI is InChI=1S/C13H19FN2O3S/c1-15-7-8-19-12(9-15)10-16(2)20(17,18)13-5-3-11(14)4-6-13/h3-6,12H,7-10H2,1-2H3. The van der Waals surface area contributed by atoms with Crippen LogP contribution in [0.2, 0.25) is 0 Å². The van der Waals surface area contributed by atoms with Crippen molar-refractivity contribution in [2.45, 2.75) is 11.0 Å². The predicted octanol–water partition coefficient (Wildman–Crippen LogP) is 0.777. The largest absolute Gasteiger partial charge is 0.374 e. The fraction of sp³-hybridized carbons (Fsp3) is 0.538. The van der Waals surface area contributed by atoms with E-state index in [1.807, 2.05) is 7.05 Å². The van der Waals surface area contributed by atoms with Crippen LogP contribution in [0, 0.1) is 5.82 Å². The fourth-order valence-electron chi connectivity index (χ4n) is 2.15. The van der Waals surface area contributed by atoms with Gasteiger partial charge in [0.05, 0.1) is 17.6 Å². The number of halogens is 1. The molecule has 1 aromatic rings. The Hall–Kier alpha value is -1.02. The number of benzene rings is 1. The molecule has 0 N–H and O–H groups in total. The maximum Gasteiger partial charge on any atom is 0.242 e. The topological polar surface area (TPSA) is 49.9 Å². The van der Waals surface area contributed by atoms with Crippen molar-refractivity contribution in [3.8, 4) is 0 Å². The molecule has 0 bridgehead atoms. The molecule has 0 saturated carbocycles. The van der Waals surface area contributed by atoms with Gasteiger partial charge in [0, 0.05) is 26.7 Å². The molecule has 0 amide bonds. The lowest BCUT2D eigenvalue weighted by molar-refractivity contribution is -0.0247. The van der Waals surface area contributed by atoms with Gasteiger partial charge in [-0.25, -0.2) is 12.8 Å². The van der Waals surface area contributed by atoms with E-state index in [1.54, 1.807) is 0 Å². The first-order valence-corrected chi connectivity index (χ1v) is 7.85. The highest BCUT2D eigenvalue weighted by Gasteiger charge is 2.26. The van der Waals surface area contributed by atoms with E-state index in [-0.39, 0.29) is 17.5 Å². The summed E-state index contributed by atoms with van der Waals surface area (Å²) in [7, 11) is -0.118. The predicted molar refractivity (Wildman–Crippen MR) is 73.5 cm³/mol. The van der Waals surface area contributed by atoms with Crippen molar-refractivity contribution in [3.05, 3.63) is 30.1 Å². The molecule has 0 spiro atoms. The monoisotopic (exact) mass is 302 g/mol. The lowest BCUT2D eigenvalue weighted by Crippen LogP contribution is -2.46. The second-order valence-corrected chi connectivity index (χ2v) is 7.04.